The number of aromatic hydroxyl groups is 1. The van der Waals surface area contributed by atoms with E-state index in [9.17, 15) is 5.11 Å². The fourth-order valence-electron chi connectivity index (χ4n) is 1.87. The maximum absolute atomic E-state index is 9.86. The highest BCUT2D eigenvalue weighted by atomic mass is 79.9. The Bertz CT molecular complexity index is 869. The van der Waals surface area contributed by atoms with Crippen LogP contribution in [0.2, 0.25) is 5.02 Å². The number of anilines is 1. The molecule has 1 heterocycles. The Morgan fingerprint density at radius 3 is 2.95 bits per heavy atom. The number of fused-ring (bicyclic) bond motifs is 1. The van der Waals surface area contributed by atoms with Crippen LogP contribution in [0.5, 0.6) is 5.75 Å². The Balaban J connectivity index is 1.81. The summed E-state index contributed by atoms with van der Waals surface area (Å²) < 4.78 is 0.749. The third kappa shape index (κ3) is 3.18. The van der Waals surface area contributed by atoms with E-state index in [1.807, 2.05) is 24.3 Å². The normalized spacial score (nSPS) is 11.2. The average molecular weight is 378 g/mol. The first-order valence-corrected chi connectivity index (χ1v) is 7.49. The van der Waals surface area contributed by atoms with E-state index in [1.54, 1.807) is 18.3 Å². The molecule has 0 spiro atoms. The molecule has 0 fully saturated rings. The van der Waals surface area contributed by atoms with Crippen LogP contribution >= 0.6 is 27.5 Å². The maximum Gasteiger partial charge on any atom is 0.244 e. The lowest BCUT2D eigenvalue weighted by molar-refractivity contribution is 0.474. The average Bonchev–Trinajstić information content (AvgIpc) is 2.52. The molecule has 3 aromatic rings. The van der Waals surface area contributed by atoms with Gasteiger partial charge >= 0.3 is 0 Å². The van der Waals surface area contributed by atoms with Gasteiger partial charge in [-0.25, -0.2) is 15.4 Å². The van der Waals surface area contributed by atoms with E-state index >= 15 is 0 Å². The smallest absolute Gasteiger partial charge is 0.244 e. The molecule has 0 atom stereocenters. The van der Waals surface area contributed by atoms with E-state index in [4.69, 9.17) is 11.6 Å². The van der Waals surface area contributed by atoms with Crippen LogP contribution in [-0.2, 0) is 0 Å². The SMILES string of the molecule is Oc1c(Cl)cc(Br)cc1/C=N/Nc1ncc2ccccc2n1. The Morgan fingerprint density at radius 2 is 2.09 bits per heavy atom. The first-order chi connectivity index (χ1) is 10.6. The Morgan fingerprint density at radius 1 is 1.27 bits per heavy atom. The first-order valence-electron chi connectivity index (χ1n) is 6.32. The molecule has 2 N–H and O–H groups in total. The number of phenols is 1. The molecule has 0 unspecified atom stereocenters. The van der Waals surface area contributed by atoms with Crippen molar-refractivity contribution in [3.8, 4) is 5.75 Å². The van der Waals surface area contributed by atoms with Crippen molar-refractivity contribution in [2.24, 2.45) is 5.10 Å². The molecule has 0 saturated heterocycles. The number of phenolic OH excluding ortho intramolecular Hbond substituents is 1. The van der Waals surface area contributed by atoms with Crippen LogP contribution in [0.25, 0.3) is 10.9 Å². The number of rotatable bonds is 3. The number of hydrogen-bond donors (Lipinski definition) is 2. The summed E-state index contributed by atoms with van der Waals surface area (Å²) in [4.78, 5) is 8.49. The molecule has 5 nitrogen and oxygen atoms in total. The minimum Gasteiger partial charge on any atom is -0.506 e. The van der Waals surface area contributed by atoms with Gasteiger partial charge in [0, 0.05) is 21.6 Å². The third-order valence-corrected chi connectivity index (χ3v) is 3.66. The second kappa shape index (κ2) is 6.29. The third-order valence-electron chi connectivity index (χ3n) is 2.91. The molecule has 110 valence electrons. The minimum absolute atomic E-state index is 0.0325. The number of aromatic nitrogens is 2. The van der Waals surface area contributed by atoms with E-state index < -0.39 is 0 Å². The van der Waals surface area contributed by atoms with Crippen LogP contribution in [0, 0.1) is 0 Å². The summed E-state index contributed by atoms with van der Waals surface area (Å²) in [5, 5.41) is 15.1. The van der Waals surface area contributed by atoms with Crippen molar-refractivity contribution >= 4 is 50.6 Å². The van der Waals surface area contributed by atoms with Gasteiger partial charge in [-0.05, 0) is 18.2 Å². The van der Waals surface area contributed by atoms with Crippen LogP contribution in [0.15, 0.2) is 52.2 Å². The highest BCUT2D eigenvalue weighted by molar-refractivity contribution is 9.10. The van der Waals surface area contributed by atoms with Gasteiger partial charge in [-0.2, -0.15) is 5.10 Å². The number of hydrogen-bond acceptors (Lipinski definition) is 5. The molecule has 0 aliphatic heterocycles. The van der Waals surface area contributed by atoms with Gasteiger partial charge in [-0.15, -0.1) is 0 Å². The fraction of sp³-hybridized carbons (Fsp3) is 0. The summed E-state index contributed by atoms with van der Waals surface area (Å²) in [5.74, 6) is 0.338. The van der Waals surface area contributed by atoms with Gasteiger partial charge in [0.15, 0.2) is 0 Å². The summed E-state index contributed by atoms with van der Waals surface area (Å²) in [6, 6.07) is 11.0. The molecular weight excluding hydrogens is 368 g/mol. The standard InChI is InChI=1S/C15H10BrClN4O/c16-11-5-10(14(22)12(17)6-11)8-19-21-15-18-7-9-3-1-2-4-13(9)20-15/h1-8,22H,(H,18,20,21)/b19-8+. The van der Waals surface area contributed by atoms with Crippen molar-refractivity contribution < 1.29 is 5.11 Å². The van der Waals surface area contributed by atoms with E-state index in [-0.39, 0.29) is 10.8 Å². The zero-order valence-corrected chi connectivity index (χ0v) is 13.5. The molecule has 7 heteroatoms. The molecular formula is C15H10BrClN4O. The lowest BCUT2D eigenvalue weighted by Crippen LogP contribution is -1.97. The monoisotopic (exact) mass is 376 g/mol. The van der Waals surface area contributed by atoms with Gasteiger partial charge in [-0.1, -0.05) is 45.7 Å². The molecule has 0 amide bonds. The van der Waals surface area contributed by atoms with Crippen LogP contribution in [-0.4, -0.2) is 21.3 Å². The number of nitrogens with one attached hydrogen (secondary N) is 1. The highest BCUT2D eigenvalue weighted by Gasteiger charge is 2.05. The number of halogens is 2. The van der Waals surface area contributed by atoms with E-state index in [2.05, 4.69) is 36.4 Å². The minimum atomic E-state index is -0.0325. The fourth-order valence-corrected chi connectivity index (χ4v) is 2.70. The van der Waals surface area contributed by atoms with Gasteiger partial charge < -0.3 is 5.11 Å². The van der Waals surface area contributed by atoms with Crippen LogP contribution in [0.1, 0.15) is 5.56 Å². The lowest BCUT2D eigenvalue weighted by Gasteiger charge is -2.03. The van der Waals surface area contributed by atoms with E-state index in [0.29, 0.717) is 11.5 Å². The predicted molar refractivity (Wildman–Crippen MR) is 91.6 cm³/mol. The Hall–Kier alpha value is -2.18. The summed E-state index contributed by atoms with van der Waals surface area (Å²) in [6.45, 7) is 0. The zero-order chi connectivity index (χ0) is 15.5. The topological polar surface area (TPSA) is 70.4 Å². The van der Waals surface area contributed by atoms with Crippen LogP contribution in [0.3, 0.4) is 0 Å². The number of para-hydroxylation sites is 1. The molecule has 0 aliphatic carbocycles. The van der Waals surface area contributed by atoms with Gasteiger partial charge in [0.1, 0.15) is 5.75 Å². The molecule has 0 bridgehead atoms. The van der Waals surface area contributed by atoms with Gasteiger partial charge in [0.2, 0.25) is 5.95 Å². The largest absolute Gasteiger partial charge is 0.506 e. The number of hydrazone groups is 1. The summed E-state index contributed by atoms with van der Waals surface area (Å²) in [6.07, 6.45) is 3.16. The molecule has 2 aromatic carbocycles. The Kier molecular flexibility index (Phi) is 4.22. The second-order valence-corrected chi connectivity index (χ2v) is 5.77. The number of nitrogens with zero attached hydrogens (tertiary/aromatic N) is 3. The second-order valence-electron chi connectivity index (χ2n) is 4.45. The van der Waals surface area contributed by atoms with Gasteiger partial charge in [-0.3, -0.25) is 0 Å². The molecule has 1 aromatic heterocycles. The molecule has 3 rings (SSSR count). The zero-order valence-electron chi connectivity index (χ0n) is 11.2. The number of benzene rings is 2. The van der Waals surface area contributed by atoms with E-state index in [0.717, 1.165) is 15.4 Å². The van der Waals surface area contributed by atoms with Gasteiger partial charge in [0.25, 0.3) is 0 Å². The van der Waals surface area contributed by atoms with Crippen molar-refractivity contribution in [2.45, 2.75) is 0 Å². The highest BCUT2D eigenvalue weighted by Crippen LogP contribution is 2.30. The summed E-state index contributed by atoms with van der Waals surface area (Å²) in [7, 11) is 0. The van der Waals surface area contributed by atoms with Crippen molar-refractivity contribution in [3.63, 3.8) is 0 Å². The molecule has 22 heavy (non-hydrogen) atoms. The van der Waals surface area contributed by atoms with Crippen LogP contribution in [0.4, 0.5) is 5.95 Å². The molecule has 0 saturated carbocycles. The molecule has 0 aliphatic rings. The Labute approximate surface area is 139 Å². The molecule has 0 radical (unpaired) electrons. The summed E-state index contributed by atoms with van der Waals surface area (Å²) in [5.41, 5.74) is 4.03. The first kappa shape index (κ1) is 14.7. The maximum atomic E-state index is 9.86. The van der Waals surface area contributed by atoms with Crippen LogP contribution < -0.4 is 5.43 Å². The van der Waals surface area contributed by atoms with Crippen molar-refractivity contribution in [3.05, 3.63) is 57.7 Å². The van der Waals surface area contributed by atoms with Crippen molar-refractivity contribution in [2.75, 3.05) is 5.43 Å². The van der Waals surface area contributed by atoms with Crippen molar-refractivity contribution in [1.29, 1.82) is 0 Å². The lowest BCUT2D eigenvalue weighted by atomic mass is 10.2. The van der Waals surface area contributed by atoms with Gasteiger partial charge in [0.05, 0.1) is 16.8 Å². The van der Waals surface area contributed by atoms with E-state index in [1.165, 1.54) is 6.21 Å². The van der Waals surface area contributed by atoms with Crippen molar-refractivity contribution in [1.82, 2.24) is 9.97 Å². The predicted octanol–water partition coefficient (Wildman–Crippen LogP) is 4.20. The quantitative estimate of drug-likeness (QED) is 0.530. The summed E-state index contributed by atoms with van der Waals surface area (Å²) >= 11 is 9.20.